The molecule has 2 N–H and O–H groups in total. The lowest BCUT2D eigenvalue weighted by atomic mass is 9.65. The van der Waals surface area contributed by atoms with Gasteiger partial charge in [-0.1, -0.05) is 20.8 Å². The molecule has 2 bridgehead atoms. The fourth-order valence-electron chi connectivity index (χ4n) is 7.18. The molecule has 1 aliphatic carbocycles. The summed E-state index contributed by atoms with van der Waals surface area (Å²) in [6.07, 6.45) is 6.45. The van der Waals surface area contributed by atoms with Gasteiger partial charge in [0.05, 0.1) is 4.92 Å². The lowest BCUT2D eigenvalue weighted by molar-refractivity contribution is -0.383. The molecule has 3 heterocycles. The monoisotopic (exact) mass is 430 g/mol. The number of fused-ring (bicyclic) bond motifs is 2. The fraction of sp³-hybridized carbons (Fsp3) is 0.826. The smallest absolute Gasteiger partial charge is 0.353 e. The summed E-state index contributed by atoms with van der Waals surface area (Å²) in [4.78, 5) is 22.9. The lowest BCUT2D eigenvalue weighted by Crippen LogP contribution is -2.60. The second-order valence-electron chi connectivity index (χ2n) is 12.6. The maximum absolute atomic E-state index is 12.2. The van der Waals surface area contributed by atoms with Crippen molar-refractivity contribution in [3.8, 4) is 0 Å². The molecule has 172 valence electrons. The van der Waals surface area contributed by atoms with E-state index in [2.05, 4.69) is 74.0 Å². The minimum absolute atomic E-state index is 0.0191. The van der Waals surface area contributed by atoms with Crippen LogP contribution in [-0.2, 0) is 0 Å². The van der Waals surface area contributed by atoms with Gasteiger partial charge in [-0.25, -0.2) is 9.97 Å². The standard InChI is InChI=1S/C23H38N6O2/c1-20(2)10-16-11-23(7,12-20)13-28(16)19-17(29(30)31)18(24-14-25-19)26-15-8-21(3,4)27-22(5,6)9-15/h14-16,27H,8-13H2,1-7H3,(H,24,25,26). The maximum Gasteiger partial charge on any atom is 0.353 e. The van der Waals surface area contributed by atoms with E-state index >= 15 is 0 Å². The molecule has 3 fully saturated rings. The number of nitrogens with zero attached hydrogens (tertiary/aromatic N) is 4. The van der Waals surface area contributed by atoms with Gasteiger partial charge in [-0.3, -0.25) is 10.1 Å². The Bertz CT molecular complexity index is 867. The maximum atomic E-state index is 12.2. The highest BCUT2D eigenvalue weighted by molar-refractivity contribution is 5.71. The molecule has 0 spiro atoms. The summed E-state index contributed by atoms with van der Waals surface area (Å²) in [5.74, 6) is 0.820. The van der Waals surface area contributed by atoms with Crippen LogP contribution >= 0.6 is 0 Å². The van der Waals surface area contributed by atoms with Gasteiger partial charge >= 0.3 is 5.69 Å². The predicted molar refractivity (Wildman–Crippen MR) is 123 cm³/mol. The number of nitro groups is 1. The first-order valence-electron chi connectivity index (χ1n) is 11.5. The van der Waals surface area contributed by atoms with Crippen molar-refractivity contribution in [1.82, 2.24) is 15.3 Å². The van der Waals surface area contributed by atoms with E-state index in [1.54, 1.807) is 0 Å². The molecule has 8 nitrogen and oxygen atoms in total. The Balaban J connectivity index is 1.66. The SMILES string of the molecule is CC1(C)CC2CC(C)(CN2c2ncnc(NC3CC(C)(C)NC(C)(C)C3)c2[N+](=O)[O-])C1. The van der Waals surface area contributed by atoms with E-state index in [1.807, 2.05) is 0 Å². The quantitative estimate of drug-likeness (QED) is 0.536. The molecular weight excluding hydrogens is 392 g/mol. The van der Waals surface area contributed by atoms with Crippen LogP contribution in [0, 0.1) is 20.9 Å². The average Bonchev–Trinajstić information content (AvgIpc) is 2.80. The van der Waals surface area contributed by atoms with Crippen molar-refractivity contribution in [1.29, 1.82) is 0 Å². The minimum atomic E-state index is -0.301. The zero-order chi connectivity index (χ0) is 22.8. The Morgan fingerprint density at radius 3 is 2.32 bits per heavy atom. The third-order valence-corrected chi connectivity index (χ3v) is 7.20. The van der Waals surface area contributed by atoms with Gasteiger partial charge in [0.25, 0.3) is 0 Å². The first kappa shape index (κ1) is 22.2. The highest BCUT2D eigenvalue weighted by Crippen LogP contribution is 2.54. The van der Waals surface area contributed by atoms with Gasteiger partial charge in [-0.15, -0.1) is 0 Å². The van der Waals surface area contributed by atoms with Crippen LogP contribution in [0.4, 0.5) is 17.3 Å². The van der Waals surface area contributed by atoms with Crippen LogP contribution in [0.2, 0.25) is 0 Å². The van der Waals surface area contributed by atoms with E-state index in [1.165, 1.54) is 6.33 Å². The van der Waals surface area contributed by atoms with E-state index in [0.717, 1.165) is 38.6 Å². The second-order valence-corrected chi connectivity index (χ2v) is 12.6. The first-order valence-corrected chi connectivity index (χ1v) is 11.5. The van der Waals surface area contributed by atoms with E-state index in [0.29, 0.717) is 11.6 Å². The molecule has 2 aliphatic heterocycles. The molecule has 4 rings (SSSR count). The zero-order valence-corrected chi connectivity index (χ0v) is 20.1. The minimum Gasteiger partial charge on any atom is -0.361 e. The van der Waals surface area contributed by atoms with Crippen LogP contribution in [0.1, 0.15) is 80.6 Å². The highest BCUT2D eigenvalue weighted by atomic mass is 16.6. The second kappa shape index (κ2) is 7.02. The van der Waals surface area contributed by atoms with Crippen LogP contribution in [0.3, 0.4) is 0 Å². The highest BCUT2D eigenvalue weighted by Gasteiger charge is 2.51. The largest absolute Gasteiger partial charge is 0.361 e. The van der Waals surface area contributed by atoms with Crippen LogP contribution in [0.15, 0.2) is 6.33 Å². The Morgan fingerprint density at radius 2 is 1.71 bits per heavy atom. The Kier molecular flexibility index (Phi) is 5.04. The molecule has 2 unspecified atom stereocenters. The summed E-state index contributed by atoms with van der Waals surface area (Å²) in [6.45, 7) is 16.4. The van der Waals surface area contributed by atoms with Gasteiger partial charge in [0, 0.05) is 29.7 Å². The Labute approximate surface area is 185 Å². The van der Waals surface area contributed by atoms with E-state index in [9.17, 15) is 10.1 Å². The number of rotatable bonds is 4. The van der Waals surface area contributed by atoms with Crippen molar-refractivity contribution in [2.75, 3.05) is 16.8 Å². The fourth-order valence-corrected chi connectivity index (χ4v) is 7.18. The number of anilines is 2. The molecule has 0 amide bonds. The molecule has 0 aromatic carbocycles. The molecule has 1 aromatic heterocycles. The number of hydrogen-bond donors (Lipinski definition) is 2. The normalized spacial score (nSPS) is 31.5. The summed E-state index contributed by atoms with van der Waals surface area (Å²) < 4.78 is 0. The molecule has 1 aromatic rings. The van der Waals surface area contributed by atoms with Crippen molar-refractivity contribution in [3.63, 3.8) is 0 Å². The Morgan fingerprint density at radius 1 is 1.06 bits per heavy atom. The van der Waals surface area contributed by atoms with Crippen molar-refractivity contribution >= 4 is 17.3 Å². The molecular formula is C23H38N6O2. The van der Waals surface area contributed by atoms with Crippen molar-refractivity contribution in [3.05, 3.63) is 16.4 Å². The summed E-state index contributed by atoms with van der Waals surface area (Å²) in [6, 6.07) is 0.383. The Hall–Kier alpha value is -1.96. The molecule has 2 atom stereocenters. The van der Waals surface area contributed by atoms with Gasteiger partial charge < -0.3 is 15.5 Å². The molecule has 8 heteroatoms. The third-order valence-electron chi connectivity index (χ3n) is 7.20. The van der Waals surface area contributed by atoms with Gasteiger partial charge in [0.2, 0.25) is 11.6 Å². The van der Waals surface area contributed by atoms with Crippen molar-refractivity contribution in [2.45, 2.75) is 104 Å². The van der Waals surface area contributed by atoms with Crippen molar-refractivity contribution in [2.24, 2.45) is 10.8 Å². The lowest BCUT2D eigenvalue weighted by Gasteiger charge is -2.46. The van der Waals surface area contributed by atoms with Crippen LogP contribution in [0.5, 0.6) is 0 Å². The summed E-state index contributed by atoms with van der Waals surface area (Å²) in [5, 5.41) is 19.3. The van der Waals surface area contributed by atoms with Crippen molar-refractivity contribution < 1.29 is 4.92 Å². The molecule has 2 saturated heterocycles. The van der Waals surface area contributed by atoms with Crippen LogP contribution in [-0.4, -0.2) is 44.6 Å². The van der Waals surface area contributed by atoms with Gasteiger partial charge in [-0.05, 0) is 70.6 Å². The number of aromatic nitrogens is 2. The number of nitrogens with one attached hydrogen (secondary N) is 2. The van der Waals surface area contributed by atoms with E-state index in [4.69, 9.17) is 0 Å². The van der Waals surface area contributed by atoms with Crippen LogP contribution in [0.25, 0.3) is 0 Å². The molecule has 3 aliphatic rings. The number of piperidine rings is 1. The van der Waals surface area contributed by atoms with Gasteiger partial charge in [0.15, 0.2) is 0 Å². The predicted octanol–water partition coefficient (Wildman–Crippen LogP) is 4.51. The summed E-state index contributed by atoms with van der Waals surface area (Å²) >= 11 is 0. The van der Waals surface area contributed by atoms with E-state index in [-0.39, 0.29) is 44.6 Å². The topological polar surface area (TPSA) is 96.2 Å². The van der Waals surface area contributed by atoms with Crippen LogP contribution < -0.4 is 15.5 Å². The third kappa shape index (κ3) is 4.49. The number of hydrogen-bond acceptors (Lipinski definition) is 7. The van der Waals surface area contributed by atoms with Gasteiger partial charge in [0.1, 0.15) is 6.33 Å². The first-order chi connectivity index (χ1) is 14.2. The van der Waals surface area contributed by atoms with Gasteiger partial charge in [-0.2, -0.15) is 0 Å². The summed E-state index contributed by atoms with van der Waals surface area (Å²) in [5.41, 5.74) is 0.307. The molecule has 1 saturated carbocycles. The molecule has 31 heavy (non-hydrogen) atoms. The summed E-state index contributed by atoms with van der Waals surface area (Å²) in [7, 11) is 0. The van der Waals surface area contributed by atoms with E-state index < -0.39 is 0 Å². The molecule has 0 radical (unpaired) electrons. The zero-order valence-electron chi connectivity index (χ0n) is 20.1. The average molecular weight is 431 g/mol.